The molecule has 0 unspecified atom stereocenters. The first kappa shape index (κ1) is 17.3. The molecular formula is C16H25N5O2S. The van der Waals surface area contributed by atoms with Crippen LogP contribution < -0.4 is 5.32 Å². The van der Waals surface area contributed by atoms with Crippen LogP contribution in [0.2, 0.25) is 0 Å². The number of piperazine rings is 1. The summed E-state index contributed by atoms with van der Waals surface area (Å²) >= 11 is 1.46. The molecule has 0 saturated carbocycles. The van der Waals surface area contributed by atoms with E-state index in [9.17, 15) is 9.59 Å². The Morgan fingerprint density at radius 2 is 1.79 bits per heavy atom. The van der Waals surface area contributed by atoms with Gasteiger partial charge in [-0.2, -0.15) is 0 Å². The van der Waals surface area contributed by atoms with Crippen molar-refractivity contribution < 1.29 is 9.59 Å². The average Bonchev–Trinajstić information content (AvgIpc) is 3.21. The maximum absolute atomic E-state index is 12.2. The number of thiazole rings is 1. The lowest BCUT2D eigenvalue weighted by molar-refractivity contribution is -0.131. The van der Waals surface area contributed by atoms with Gasteiger partial charge in [0.2, 0.25) is 11.8 Å². The lowest BCUT2D eigenvalue weighted by Crippen LogP contribution is -2.49. The van der Waals surface area contributed by atoms with Gasteiger partial charge in [-0.3, -0.25) is 19.4 Å². The molecule has 3 heterocycles. The van der Waals surface area contributed by atoms with Crippen LogP contribution in [0.1, 0.15) is 25.5 Å². The van der Waals surface area contributed by atoms with E-state index in [1.807, 2.05) is 10.3 Å². The number of hydrogen-bond donors (Lipinski definition) is 1. The van der Waals surface area contributed by atoms with E-state index in [1.54, 1.807) is 0 Å². The monoisotopic (exact) mass is 351 g/mol. The van der Waals surface area contributed by atoms with E-state index in [0.29, 0.717) is 11.7 Å². The molecule has 132 valence electrons. The number of likely N-dealkylation sites (tertiary alicyclic amines) is 1. The van der Waals surface area contributed by atoms with Crippen LogP contribution in [0.5, 0.6) is 0 Å². The molecule has 7 nitrogen and oxygen atoms in total. The van der Waals surface area contributed by atoms with Crippen LogP contribution in [0.15, 0.2) is 5.38 Å². The lowest BCUT2D eigenvalue weighted by atomic mass is 10.3. The minimum absolute atomic E-state index is 0.0906. The molecule has 1 N–H and O–H groups in total. The van der Waals surface area contributed by atoms with E-state index in [1.165, 1.54) is 18.3 Å². The number of aromatic nitrogens is 1. The quantitative estimate of drug-likeness (QED) is 0.851. The largest absolute Gasteiger partial charge is 0.342 e. The first-order chi connectivity index (χ1) is 11.6. The van der Waals surface area contributed by atoms with Crippen LogP contribution in [0.3, 0.4) is 0 Å². The predicted octanol–water partition coefficient (Wildman–Crippen LogP) is 0.841. The Labute approximate surface area is 146 Å². The molecule has 2 aliphatic heterocycles. The second kappa shape index (κ2) is 8.04. The van der Waals surface area contributed by atoms with Crippen LogP contribution in [0, 0.1) is 0 Å². The summed E-state index contributed by atoms with van der Waals surface area (Å²) in [5.74, 6) is 0.188. The topological polar surface area (TPSA) is 68.8 Å². The zero-order valence-electron chi connectivity index (χ0n) is 14.2. The van der Waals surface area contributed by atoms with Gasteiger partial charge in [-0.1, -0.05) is 0 Å². The van der Waals surface area contributed by atoms with Gasteiger partial charge in [-0.25, -0.2) is 4.98 Å². The highest BCUT2D eigenvalue weighted by Crippen LogP contribution is 2.17. The van der Waals surface area contributed by atoms with E-state index in [4.69, 9.17) is 0 Å². The maximum atomic E-state index is 12.2. The number of anilines is 1. The van der Waals surface area contributed by atoms with Gasteiger partial charge in [-0.05, 0) is 12.8 Å². The average molecular weight is 351 g/mol. The van der Waals surface area contributed by atoms with E-state index in [0.717, 1.165) is 64.3 Å². The Bertz CT molecular complexity index is 577. The number of carbonyl (C=O) groups is 2. The highest BCUT2D eigenvalue weighted by molar-refractivity contribution is 7.13. The van der Waals surface area contributed by atoms with Crippen LogP contribution in [0.4, 0.5) is 5.13 Å². The molecule has 0 radical (unpaired) electrons. The van der Waals surface area contributed by atoms with Crippen LogP contribution in [-0.4, -0.2) is 77.3 Å². The van der Waals surface area contributed by atoms with Crippen molar-refractivity contribution in [2.75, 3.05) is 51.1 Å². The highest BCUT2D eigenvalue weighted by Gasteiger charge is 2.23. The number of carbonyl (C=O) groups excluding carboxylic acids is 2. The third-order valence-corrected chi connectivity index (χ3v) is 5.31. The van der Waals surface area contributed by atoms with Gasteiger partial charge in [-0.15, -0.1) is 11.3 Å². The zero-order valence-corrected chi connectivity index (χ0v) is 15.0. The Hall–Kier alpha value is -1.51. The summed E-state index contributed by atoms with van der Waals surface area (Å²) < 4.78 is 0. The first-order valence-electron chi connectivity index (χ1n) is 8.54. The second-order valence-corrected chi connectivity index (χ2v) is 7.32. The Morgan fingerprint density at radius 3 is 2.46 bits per heavy atom. The Balaban J connectivity index is 1.41. The van der Waals surface area contributed by atoms with Crippen molar-refractivity contribution in [3.63, 3.8) is 0 Å². The third kappa shape index (κ3) is 4.75. The van der Waals surface area contributed by atoms with Crippen molar-refractivity contribution in [2.24, 2.45) is 0 Å². The van der Waals surface area contributed by atoms with Gasteiger partial charge >= 0.3 is 0 Å². The van der Waals surface area contributed by atoms with E-state index in [2.05, 4.69) is 20.1 Å². The smallest absolute Gasteiger partial charge is 0.236 e. The molecule has 1 aromatic heterocycles. The normalized spacial score (nSPS) is 19.6. The Kier molecular flexibility index (Phi) is 5.80. The van der Waals surface area contributed by atoms with Gasteiger partial charge in [0.1, 0.15) is 0 Å². The predicted molar refractivity (Wildman–Crippen MR) is 93.9 cm³/mol. The summed E-state index contributed by atoms with van der Waals surface area (Å²) in [5.41, 5.74) is 0.991. The van der Waals surface area contributed by atoms with Gasteiger partial charge in [0.25, 0.3) is 0 Å². The fraction of sp³-hybridized carbons (Fsp3) is 0.688. The molecule has 2 aliphatic rings. The molecule has 2 amide bonds. The van der Waals surface area contributed by atoms with Crippen molar-refractivity contribution >= 4 is 28.3 Å². The van der Waals surface area contributed by atoms with Gasteiger partial charge in [0.15, 0.2) is 5.13 Å². The number of amides is 2. The van der Waals surface area contributed by atoms with E-state index < -0.39 is 0 Å². The van der Waals surface area contributed by atoms with Gasteiger partial charge < -0.3 is 10.2 Å². The molecule has 0 aliphatic carbocycles. The lowest BCUT2D eigenvalue weighted by Gasteiger charge is -2.34. The summed E-state index contributed by atoms with van der Waals surface area (Å²) in [6.45, 7) is 8.43. The van der Waals surface area contributed by atoms with Crippen molar-refractivity contribution in [1.29, 1.82) is 0 Å². The molecule has 0 aromatic carbocycles. The van der Waals surface area contributed by atoms with Crippen LogP contribution >= 0.6 is 11.3 Å². The second-order valence-electron chi connectivity index (χ2n) is 6.47. The molecule has 24 heavy (non-hydrogen) atoms. The first-order valence-corrected chi connectivity index (χ1v) is 9.42. The van der Waals surface area contributed by atoms with Crippen LogP contribution in [-0.2, 0) is 16.1 Å². The summed E-state index contributed by atoms with van der Waals surface area (Å²) in [6, 6.07) is 0. The SMILES string of the molecule is CC(=O)Nc1nc(CN2CCN(CC(=O)N3CCCC3)CC2)cs1. The van der Waals surface area contributed by atoms with Crippen molar-refractivity contribution in [1.82, 2.24) is 19.7 Å². The fourth-order valence-electron chi connectivity index (χ4n) is 3.18. The summed E-state index contributed by atoms with van der Waals surface area (Å²) in [7, 11) is 0. The molecule has 0 bridgehead atoms. The number of nitrogens with one attached hydrogen (secondary N) is 1. The van der Waals surface area contributed by atoms with Crippen molar-refractivity contribution in [3.05, 3.63) is 11.1 Å². The Morgan fingerprint density at radius 1 is 1.12 bits per heavy atom. The number of rotatable bonds is 5. The minimum atomic E-state index is -0.0906. The molecular weight excluding hydrogens is 326 g/mol. The fourth-order valence-corrected chi connectivity index (χ4v) is 3.93. The molecule has 0 spiro atoms. The van der Waals surface area contributed by atoms with Gasteiger partial charge in [0, 0.05) is 58.1 Å². The summed E-state index contributed by atoms with van der Waals surface area (Å²) in [4.78, 5) is 34.3. The molecule has 3 rings (SSSR count). The van der Waals surface area contributed by atoms with Crippen LogP contribution in [0.25, 0.3) is 0 Å². The molecule has 1 aromatic rings. The van der Waals surface area contributed by atoms with E-state index >= 15 is 0 Å². The highest BCUT2D eigenvalue weighted by atomic mass is 32.1. The van der Waals surface area contributed by atoms with Gasteiger partial charge in [0.05, 0.1) is 12.2 Å². The van der Waals surface area contributed by atoms with Crippen molar-refractivity contribution in [3.8, 4) is 0 Å². The third-order valence-electron chi connectivity index (χ3n) is 4.50. The summed E-state index contributed by atoms with van der Waals surface area (Å²) in [6.07, 6.45) is 2.29. The molecule has 2 saturated heterocycles. The molecule has 8 heteroatoms. The number of hydrogen-bond acceptors (Lipinski definition) is 6. The minimum Gasteiger partial charge on any atom is -0.342 e. The number of nitrogens with zero attached hydrogens (tertiary/aromatic N) is 4. The molecule has 0 atom stereocenters. The van der Waals surface area contributed by atoms with E-state index in [-0.39, 0.29) is 11.8 Å². The summed E-state index contributed by atoms with van der Waals surface area (Å²) in [5, 5.41) is 5.37. The molecule has 2 fully saturated rings. The maximum Gasteiger partial charge on any atom is 0.236 e. The van der Waals surface area contributed by atoms with Crippen molar-refractivity contribution in [2.45, 2.75) is 26.3 Å². The zero-order chi connectivity index (χ0) is 16.9. The standard InChI is InChI=1S/C16H25N5O2S/c1-13(22)17-16-18-14(12-24-16)10-19-6-8-20(9-7-19)11-15(23)21-4-2-3-5-21/h12H,2-11H2,1H3,(H,17,18,22).